The van der Waals surface area contributed by atoms with Crippen LogP contribution >= 0.6 is 0 Å². The third-order valence-corrected chi connectivity index (χ3v) is 3.41. The fraction of sp³-hybridized carbons (Fsp3) is 0.692. The number of nitrogens with zero attached hydrogens (tertiary/aromatic N) is 4. The second-order valence-electron chi connectivity index (χ2n) is 5.15. The first kappa shape index (κ1) is 13.2. The molecule has 5 heteroatoms. The van der Waals surface area contributed by atoms with Gasteiger partial charge in [0, 0.05) is 51.2 Å². The molecule has 1 aliphatic rings. The van der Waals surface area contributed by atoms with Crippen molar-refractivity contribution in [3.8, 4) is 0 Å². The number of likely N-dealkylation sites (tertiary alicyclic amines) is 1. The van der Waals surface area contributed by atoms with Crippen LogP contribution in [0.2, 0.25) is 0 Å². The summed E-state index contributed by atoms with van der Waals surface area (Å²) in [7, 11) is 5.96. The summed E-state index contributed by atoms with van der Waals surface area (Å²) in [5.74, 6) is 0.769. The third kappa shape index (κ3) is 3.40. The van der Waals surface area contributed by atoms with Crippen LogP contribution in [0.25, 0.3) is 0 Å². The Kier molecular flexibility index (Phi) is 4.49. The minimum atomic E-state index is 0.626. The zero-order valence-electron chi connectivity index (χ0n) is 11.6. The van der Waals surface area contributed by atoms with E-state index in [4.69, 9.17) is 0 Å². The molecule has 1 N–H and O–H groups in total. The molecule has 0 spiro atoms. The summed E-state index contributed by atoms with van der Waals surface area (Å²) < 4.78 is 0. The normalized spacial score (nSPS) is 20.9. The summed E-state index contributed by atoms with van der Waals surface area (Å²) in [5, 5.41) is 3.36. The van der Waals surface area contributed by atoms with Gasteiger partial charge in [-0.3, -0.25) is 4.90 Å². The van der Waals surface area contributed by atoms with Crippen LogP contribution in [0.4, 0.5) is 5.95 Å². The van der Waals surface area contributed by atoms with Crippen molar-refractivity contribution in [2.24, 2.45) is 0 Å². The van der Waals surface area contributed by atoms with Gasteiger partial charge < -0.3 is 10.2 Å². The lowest BCUT2D eigenvalue weighted by Crippen LogP contribution is -2.43. The fourth-order valence-corrected chi connectivity index (χ4v) is 2.35. The Labute approximate surface area is 109 Å². The van der Waals surface area contributed by atoms with Crippen LogP contribution in [-0.4, -0.2) is 55.1 Å². The van der Waals surface area contributed by atoms with E-state index in [-0.39, 0.29) is 0 Å². The lowest BCUT2D eigenvalue weighted by molar-refractivity contribution is 0.187. The number of hydrogen-bond donors (Lipinski definition) is 1. The molecule has 1 atom stereocenters. The number of anilines is 1. The van der Waals surface area contributed by atoms with Crippen LogP contribution in [0, 0.1) is 0 Å². The van der Waals surface area contributed by atoms with E-state index in [1.807, 2.05) is 38.4 Å². The van der Waals surface area contributed by atoms with Crippen molar-refractivity contribution in [1.29, 1.82) is 0 Å². The van der Waals surface area contributed by atoms with E-state index in [1.54, 1.807) is 0 Å². The molecule has 0 radical (unpaired) electrons. The van der Waals surface area contributed by atoms with Gasteiger partial charge in [-0.05, 0) is 26.4 Å². The Morgan fingerprint density at radius 2 is 2.11 bits per heavy atom. The van der Waals surface area contributed by atoms with Crippen molar-refractivity contribution in [3.63, 3.8) is 0 Å². The Hall–Kier alpha value is -1.20. The summed E-state index contributed by atoms with van der Waals surface area (Å²) in [6.45, 7) is 3.24. The quantitative estimate of drug-likeness (QED) is 0.852. The van der Waals surface area contributed by atoms with Gasteiger partial charge in [0.25, 0.3) is 0 Å². The number of hydrogen-bond acceptors (Lipinski definition) is 5. The van der Waals surface area contributed by atoms with Gasteiger partial charge in [0.1, 0.15) is 0 Å². The van der Waals surface area contributed by atoms with E-state index in [2.05, 4.69) is 20.2 Å². The Balaban J connectivity index is 1.92. The lowest BCUT2D eigenvalue weighted by Gasteiger charge is -2.32. The highest BCUT2D eigenvalue weighted by Crippen LogP contribution is 2.13. The second-order valence-corrected chi connectivity index (χ2v) is 5.15. The van der Waals surface area contributed by atoms with E-state index >= 15 is 0 Å². The molecule has 1 aromatic rings. The standard InChI is InChI=1S/C13H23N5/c1-14-12-5-4-6-18(10-12)9-11-7-15-13(16-8-11)17(2)3/h7-8,12,14H,4-6,9-10H2,1-3H3. The Morgan fingerprint density at radius 3 is 2.72 bits per heavy atom. The minimum absolute atomic E-state index is 0.626. The van der Waals surface area contributed by atoms with Crippen LogP contribution in [0.3, 0.4) is 0 Å². The van der Waals surface area contributed by atoms with E-state index < -0.39 is 0 Å². The summed E-state index contributed by atoms with van der Waals surface area (Å²) in [6.07, 6.45) is 6.42. The predicted molar refractivity (Wildman–Crippen MR) is 73.7 cm³/mol. The number of nitrogens with one attached hydrogen (secondary N) is 1. The first-order valence-corrected chi connectivity index (χ1v) is 6.57. The molecule has 18 heavy (non-hydrogen) atoms. The third-order valence-electron chi connectivity index (χ3n) is 3.41. The predicted octanol–water partition coefficient (Wildman–Crippen LogP) is 0.726. The van der Waals surface area contributed by atoms with E-state index in [1.165, 1.54) is 24.9 Å². The van der Waals surface area contributed by atoms with Crippen molar-refractivity contribution in [3.05, 3.63) is 18.0 Å². The summed E-state index contributed by atoms with van der Waals surface area (Å²) in [6, 6.07) is 0.626. The zero-order chi connectivity index (χ0) is 13.0. The molecular weight excluding hydrogens is 226 g/mol. The highest BCUT2D eigenvalue weighted by Gasteiger charge is 2.18. The summed E-state index contributed by atoms with van der Waals surface area (Å²) in [4.78, 5) is 13.1. The molecule has 1 fully saturated rings. The molecule has 0 aromatic carbocycles. The summed E-state index contributed by atoms with van der Waals surface area (Å²) >= 11 is 0. The van der Waals surface area contributed by atoms with Crippen LogP contribution in [0.5, 0.6) is 0 Å². The van der Waals surface area contributed by atoms with Crippen molar-refractivity contribution in [1.82, 2.24) is 20.2 Å². The largest absolute Gasteiger partial charge is 0.347 e. The van der Waals surface area contributed by atoms with Crippen LogP contribution in [0.1, 0.15) is 18.4 Å². The molecule has 100 valence electrons. The Morgan fingerprint density at radius 1 is 1.39 bits per heavy atom. The van der Waals surface area contributed by atoms with Crippen molar-refractivity contribution < 1.29 is 0 Å². The van der Waals surface area contributed by atoms with E-state index in [0.717, 1.165) is 19.0 Å². The molecular formula is C13H23N5. The molecule has 1 aliphatic heterocycles. The van der Waals surface area contributed by atoms with Crippen molar-refractivity contribution in [2.45, 2.75) is 25.4 Å². The lowest BCUT2D eigenvalue weighted by atomic mass is 10.1. The Bertz CT molecular complexity index is 362. The first-order chi connectivity index (χ1) is 8.69. The molecule has 2 rings (SSSR count). The SMILES string of the molecule is CNC1CCCN(Cc2cnc(N(C)C)nc2)C1. The molecule has 2 heterocycles. The molecule has 1 unspecified atom stereocenters. The van der Waals surface area contributed by atoms with Crippen LogP contribution in [-0.2, 0) is 6.54 Å². The van der Waals surface area contributed by atoms with Crippen molar-refractivity contribution >= 4 is 5.95 Å². The van der Waals surface area contributed by atoms with E-state index in [9.17, 15) is 0 Å². The van der Waals surface area contributed by atoms with Gasteiger partial charge in [-0.2, -0.15) is 0 Å². The van der Waals surface area contributed by atoms with Gasteiger partial charge in [-0.25, -0.2) is 9.97 Å². The number of likely N-dealkylation sites (N-methyl/N-ethyl adjacent to an activating group) is 1. The molecule has 1 saturated heterocycles. The number of piperidine rings is 1. The van der Waals surface area contributed by atoms with Gasteiger partial charge in [0.15, 0.2) is 0 Å². The molecule has 0 aliphatic carbocycles. The maximum Gasteiger partial charge on any atom is 0.224 e. The van der Waals surface area contributed by atoms with Gasteiger partial charge >= 0.3 is 0 Å². The monoisotopic (exact) mass is 249 g/mol. The van der Waals surface area contributed by atoms with Gasteiger partial charge in [0.05, 0.1) is 0 Å². The van der Waals surface area contributed by atoms with Gasteiger partial charge in [-0.15, -0.1) is 0 Å². The second kappa shape index (κ2) is 6.11. The number of aromatic nitrogens is 2. The fourth-order valence-electron chi connectivity index (χ4n) is 2.35. The topological polar surface area (TPSA) is 44.3 Å². The van der Waals surface area contributed by atoms with Crippen LogP contribution in [0.15, 0.2) is 12.4 Å². The van der Waals surface area contributed by atoms with Crippen molar-refractivity contribution in [2.75, 3.05) is 39.1 Å². The van der Waals surface area contributed by atoms with Gasteiger partial charge in [0.2, 0.25) is 5.95 Å². The first-order valence-electron chi connectivity index (χ1n) is 6.57. The molecule has 0 amide bonds. The summed E-state index contributed by atoms with van der Waals surface area (Å²) in [5.41, 5.74) is 1.19. The highest BCUT2D eigenvalue weighted by atomic mass is 15.2. The maximum absolute atomic E-state index is 4.36. The maximum atomic E-state index is 4.36. The van der Waals surface area contributed by atoms with Gasteiger partial charge in [-0.1, -0.05) is 0 Å². The van der Waals surface area contributed by atoms with E-state index in [0.29, 0.717) is 6.04 Å². The number of rotatable bonds is 4. The molecule has 0 saturated carbocycles. The smallest absolute Gasteiger partial charge is 0.224 e. The zero-order valence-corrected chi connectivity index (χ0v) is 11.6. The molecule has 1 aromatic heterocycles. The molecule has 5 nitrogen and oxygen atoms in total. The minimum Gasteiger partial charge on any atom is -0.347 e. The average Bonchev–Trinajstić information content (AvgIpc) is 2.39. The van der Waals surface area contributed by atoms with Crippen LogP contribution < -0.4 is 10.2 Å². The molecule has 0 bridgehead atoms. The highest BCUT2D eigenvalue weighted by molar-refractivity contribution is 5.26. The average molecular weight is 249 g/mol.